The van der Waals surface area contributed by atoms with Crippen molar-refractivity contribution >= 4 is 0 Å². The fourth-order valence-corrected chi connectivity index (χ4v) is 2.74. The van der Waals surface area contributed by atoms with Crippen molar-refractivity contribution in [2.45, 2.75) is 39.0 Å². The Balaban J connectivity index is 2.02. The number of unbranched alkanes of at least 4 members (excludes halogenated alkanes) is 1. The van der Waals surface area contributed by atoms with Crippen molar-refractivity contribution in [2.75, 3.05) is 0 Å². The molecule has 0 aliphatic heterocycles. The van der Waals surface area contributed by atoms with E-state index in [-0.39, 0.29) is 0 Å². The Labute approximate surface area is 109 Å². The molecule has 92 valence electrons. The van der Waals surface area contributed by atoms with Crippen molar-refractivity contribution in [1.29, 1.82) is 0 Å². The number of rotatable bonds is 3. The van der Waals surface area contributed by atoms with Gasteiger partial charge in [0.05, 0.1) is 0 Å². The third-order valence-corrected chi connectivity index (χ3v) is 3.80. The summed E-state index contributed by atoms with van der Waals surface area (Å²) in [7, 11) is 0. The lowest BCUT2D eigenvalue weighted by atomic mass is 9.86. The van der Waals surface area contributed by atoms with Gasteiger partial charge in [-0.3, -0.25) is 4.98 Å². The van der Waals surface area contributed by atoms with Gasteiger partial charge in [-0.1, -0.05) is 37.6 Å². The minimum Gasteiger partial charge on any atom is -0.261 e. The van der Waals surface area contributed by atoms with Crippen molar-refractivity contribution in [2.24, 2.45) is 0 Å². The molecule has 1 aromatic carbocycles. The maximum atomic E-state index is 4.60. The summed E-state index contributed by atoms with van der Waals surface area (Å²) in [6, 6.07) is 11.1. The van der Waals surface area contributed by atoms with E-state index in [2.05, 4.69) is 48.4 Å². The summed E-state index contributed by atoms with van der Waals surface area (Å²) in [6.07, 6.45) is 7.94. The second kappa shape index (κ2) is 4.93. The molecule has 0 saturated heterocycles. The van der Waals surface area contributed by atoms with E-state index < -0.39 is 0 Å². The van der Waals surface area contributed by atoms with Gasteiger partial charge in [0, 0.05) is 11.9 Å². The van der Waals surface area contributed by atoms with Crippen LogP contribution in [0.1, 0.15) is 36.6 Å². The molecule has 0 amide bonds. The van der Waals surface area contributed by atoms with Gasteiger partial charge in [-0.05, 0) is 54.0 Å². The summed E-state index contributed by atoms with van der Waals surface area (Å²) in [4.78, 5) is 4.60. The Morgan fingerprint density at radius 3 is 2.78 bits per heavy atom. The highest BCUT2D eigenvalue weighted by Crippen LogP contribution is 2.33. The minimum absolute atomic E-state index is 1.10. The molecular formula is C17H19N. The average molecular weight is 237 g/mol. The molecule has 1 aliphatic carbocycles. The van der Waals surface area contributed by atoms with E-state index in [1.807, 2.05) is 0 Å². The molecule has 0 fully saturated rings. The zero-order valence-electron chi connectivity index (χ0n) is 10.9. The number of nitrogens with zero attached hydrogens (tertiary/aromatic N) is 1. The number of hydrogen-bond acceptors (Lipinski definition) is 1. The van der Waals surface area contributed by atoms with E-state index >= 15 is 0 Å². The van der Waals surface area contributed by atoms with E-state index in [1.165, 1.54) is 40.8 Å². The van der Waals surface area contributed by atoms with E-state index in [9.17, 15) is 0 Å². The van der Waals surface area contributed by atoms with Crippen LogP contribution < -0.4 is 0 Å². The smallest absolute Gasteiger partial charge is 0.0410 e. The lowest BCUT2D eigenvalue weighted by Gasteiger charge is -2.20. The van der Waals surface area contributed by atoms with Gasteiger partial charge in [0.15, 0.2) is 0 Å². The van der Waals surface area contributed by atoms with Crippen LogP contribution >= 0.6 is 0 Å². The largest absolute Gasteiger partial charge is 0.261 e. The lowest BCUT2D eigenvalue weighted by Crippen LogP contribution is -2.05. The molecule has 18 heavy (non-hydrogen) atoms. The number of hydrogen-bond donors (Lipinski definition) is 0. The van der Waals surface area contributed by atoms with Crippen LogP contribution in [0.25, 0.3) is 11.1 Å². The van der Waals surface area contributed by atoms with Crippen LogP contribution in [-0.2, 0) is 19.3 Å². The second-order valence-electron chi connectivity index (χ2n) is 5.09. The summed E-state index contributed by atoms with van der Waals surface area (Å²) in [5.74, 6) is 0. The predicted octanol–water partition coefficient (Wildman–Crippen LogP) is 4.19. The first-order valence-corrected chi connectivity index (χ1v) is 6.94. The molecule has 0 bridgehead atoms. The summed E-state index contributed by atoms with van der Waals surface area (Å²) in [5, 5.41) is 0. The maximum Gasteiger partial charge on any atom is 0.0410 e. The van der Waals surface area contributed by atoms with E-state index in [1.54, 1.807) is 0 Å². The van der Waals surface area contributed by atoms with Gasteiger partial charge in [-0.25, -0.2) is 0 Å². The van der Waals surface area contributed by atoms with Crippen molar-refractivity contribution in [3.8, 4) is 11.1 Å². The molecule has 1 nitrogen and oxygen atoms in total. The van der Waals surface area contributed by atoms with Crippen LogP contribution in [0.2, 0.25) is 0 Å². The third-order valence-electron chi connectivity index (χ3n) is 3.80. The first-order chi connectivity index (χ1) is 8.88. The summed E-state index contributed by atoms with van der Waals surface area (Å²) in [6.45, 7) is 2.23. The highest BCUT2D eigenvalue weighted by Gasteiger charge is 2.16. The fraction of sp³-hybridized carbons (Fsp3) is 0.353. The summed E-state index contributed by atoms with van der Waals surface area (Å²) in [5.41, 5.74) is 6.97. The van der Waals surface area contributed by atoms with Crippen molar-refractivity contribution in [1.82, 2.24) is 4.98 Å². The highest BCUT2D eigenvalue weighted by atomic mass is 14.7. The average Bonchev–Trinajstić information content (AvgIpc) is 2.45. The topological polar surface area (TPSA) is 12.9 Å². The summed E-state index contributed by atoms with van der Waals surface area (Å²) < 4.78 is 0. The van der Waals surface area contributed by atoms with Gasteiger partial charge in [0.1, 0.15) is 0 Å². The second-order valence-corrected chi connectivity index (χ2v) is 5.09. The predicted molar refractivity (Wildman–Crippen MR) is 75.7 cm³/mol. The minimum atomic E-state index is 1.10. The Morgan fingerprint density at radius 2 is 1.89 bits per heavy atom. The van der Waals surface area contributed by atoms with Gasteiger partial charge < -0.3 is 0 Å². The molecule has 0 saturated carbocycles. The van der Waals surface area contributed by atoms with Crippen LogP contribution in [0, 0.1) is 0 Å². The molecule has 0 unspecified atom stereocenters. The Bertz CT molecular complexity index is 557. The summed E-state index contributed by atoms with van der Waals surface area (Å²) >= 11 is 0. The molecule has 3 rings (SSSR count). The quantitative estimate of drug-likeness (QED) is 0.780. The normalized spacial score (nSPS) is 12.9. The highest BCUT2D eigenvalue weighted by molar-refractivity contribution is 5.72. The molecule has 1 aromatic heterocycles. The van der Waals surface area contributed by atoms with E-state index in [0.717, 1.165) is 19.3 Å². The maximum absolute atomic E-state index is 4.60. The zero-order valence-corrected chi connectivity index (χ0v) is 10.9. The molecule has 1 heterocycles. The van der Waals surface area contributed by atoms with Gasteiger partial charge in [0.2, 0.25) is 0 Å². The Hall–Kier alpha value is -1.63. The first kappa shape index (κ1) is 11.5. The standard InChI is InChI=1S/C17H19N/c1-2-3-7-15-11-17-14(12-18-15)10-9-13-6-4-5-8-16(13)17/h4-6,8,11-12H,2-3,7,9-10H2,1H3. The SMILES string of the molecule is CCCCc1cc2c(cn1)CCc1ccccc1-2. The molecule has 0 spiro atoms. The fourth-order valence-electron chi connectivity index (χ4n) is 2.74. The number of fused-ring (bicyclic) bond motifs is 3. The zero-order chi connectivity index (χ0) is 12.4. The number of benzene rings is 1. The Kier molecular flexibility index (Phi) is 3.14. The molecule has 0 radical (unpaired) electrons. The van der Waals surface area contributed by atoms with Crippen LogP contribution in [-0.4, -0.2) is 4.98 Å². The van der Waals surface area contributed by atoms with Gasteiger partial charge in [-0.15, -0.1) is 0 Å². The van der Waals surface area contributed by atoms with Gasteiger partial charge in [0.25, 0.3) is 0 Å². The molecule has 0 atom stereocenters. The number of aryl methyl sites for hydroxylation is 3. The Morgan fingerprint density at radius 1 is 1.06 bits per heavy atom. The lowest BCUT2D eigenvalue weighted by molar-refractivity contribution is 0.774. The van der Waals surface area contributed by atoms with Crippen molar-refractivity contribution < 1.29 is 0 Å². The molecule has 1 heteroatoms. The van der Waals surface area contributed by atoms with Crippen molar-refractivity contribution in [3.63, 3.8) is 0 Å². The van der Waals surface area contributed by atoms with Crippen LogP contribution in [0.3, 0.4) is 0 Å². The van der Waals surface area contributed by atoms with Crippen LogP contribution in [0.4, 0.5) is 0 Å². The molecule has 1 aliphatic rings. The molecule has 2 aromatic rings. The van der Waals surface area contributed by atoms with Crippen LogP contribution in [0.15, 0.2) is 36.5 Å². The van der Waals surface area contributed by atoms with Crippen LogP contribution in [0.5, 0.6) is 0 Å². The van der Waals surface area contributed by atoms with E-state index in [0.29, 0.717) is 0 Å². The first-order valence-electron chi connectivity index (χ1n) is 6.94. The van der Waals surface area contributed by atoms with Gasteiger partial charge >= 0.3 is 0 Å². The third kappa shape index (κ3) is 2.05. The van der Waals surface area contributed by atoms with E-state index in [4.69, 9.17) is 0 Å². The number of aromatic nitrogens is 1. The molecule has 0 N–H and O–H groups in total. The number of pyridine rings is 1. The molecular weight excluding hydrogens is 218 g/mol. The van der Waals surface area contributed by atoms with Gasteiger partial charge in [-0.2, -0.15) is 0 Å². The monoisotopic (exact) mass is 237 g/mol. The van der Waals surface area contributed by atoms with Crippen molar-refractivity contribution in [3.05, 3.63) is 53.3 Å².